The van der Waals surface area contributed by atoms with Gasteiger partial charge in [0.1, 0.15) is 5.75 Å². The molecule has 116 valence electrons. The zero-order valence-corrected chi connectivity index (χ0v) is 12.9. The van der Waals surface area contributed by atoms with E-state index in [0.717, 1.165) is 6.42 Å². The van der Waals surface area contributed by atoms with E-state index in [1.807, 2.05) is 6.92 Å². The summed E-state index contributed by atoms with van der Waals surface area (Å²) >= 11 is 5.88. The van der Waals surface area contributed by atoms with E-state index in [9.17, 15) is 9.59 Å². The maximum Gasteiger partial charge on any atom is 0.303 e. The van der Waals surface area contributed by atoms with E-state index in [0.29, 0.717) is 29.3 Å². The first-order valence-corrected chi connectivity index (χ1v) is 7.15. The van der Waals surface area contributed by atoms with E-state index in [-0.39, 0.29) is 18.2 Å². The first-order chi connectivity index (χ1) is 9.93. The van der Waals surface area contributed by atoms with Crippen LogP contribution in [0.25, 0.3) is 0 Å². The van der Waals surface area contributed by atoms with Crippen molar-refractivity contribution in [1.29, 1.82) is 0 Å². The van der Waals surface area contributed by atoms with Gasteiger partial charge in [0.05, 0.1) is 12.7 Å². The molecule has 0 bridgehead atoms. The smallest absolute Gasteiger partial charge is 0.303 e. The molecule has 0 heterocycles. The zero-order chi connectivity index (χ0) is 15.8. The van der Waals surface area contributed by atoms with Crippen LogP contribution in [0.1, 0.15) is 36.5 Å². The van der Waals surface area contributed by atoms with Gasteiger partial charge in [-0.2, -0.15) is 0 Å². The first kappa shape index (κ1) is 17.3. The average molecular weight is 314 g/mol. The van der Waals surface area contributed by atoms with Crippen molar-refractivity contribution >= 4 is 23.5 Å². The van der Waals surface area contributed by atoms with Crippen molar-refractivity contribution in [3.63, 3.8) is 0 Å². The number of hydrogen-bond acceptors (Lipinski definition) is 3. The van der Waals surface area contributed by atoms with Crippen molar-refractivity contribution in [3.8, 4) is 5.75 Å². The Balaban J connectivity index is 2.47. The Morgan fingerprint density at radius 1 is 1.38 bits per heavy atom. The molecular formula is C15H20ClNO4. The molecule has 1 atom stereocenters. The molecule has 0 aliphatic rings. The van der Waals surface area contributed by atoms with Gasteiger partial charge in [0.2, 0.25) is 0 Å². The maximum atomic E-state index is 12.1. The third kappa shape index (κ3) is 6.04. The summed E-state index contributed by atoms with van der Waals surface area (Å²) in [4.78, 5) is 22.6. The van der Waals surface area contributed by atoms with Gasteiger partial charge in [-0.3, -0.25) is 9.59 Å². The molecule has 0 aromatic heterocycles. The number of hydrogen-bond donors (Lipinski definition) is 2. The van der Waals surface area contributed by atoms with Crippen LogP contribution >= 0.6 is 11.6 Å². The quantitative estimate of drug-likeness (QED) is 0.773. The highest BCUT2D eigenvalue weighted by Gasteiger charge is 2.13. The third-order valence-electron chi connectivity index (χ3n) is 3.18. The fraction of sp³-hybridized carbons (Fsp3) is 0.467. The monoisotopic (exact) mass is 313 g/mol. The second-order valence-electron chi connectivity index (χ2n) is 4.93. The molecule has 1 unspecified atom stereocenters. The molecule has 0 saturated heterocycles. The molecular weight excluding hydrogens is 294 g/mol. The van der Waals surface area contributed by atoms with Crippen LogP contribution in [-0.2, 0) is 4.79 Å². The van der Waals surface area contributed by atoms with Crippen LogP contribution in [0.2, 0.25) is 5.02 Å². The molecule has 1 rings (SSSR count). The van der Waals surface area contributed by atoms with Crippen molar-refractivity contribution in [3.05, 3.63) is 28.8 Å². The molecule has 21 heavy (non-hydrogen) atoms. The van der Waals surface area contributed by atoms with Crippen LogP contribution in [0.4, 0.5) is 0 Å². The minimum Gasteiger partial charge on any atom is -0.496 e. The second-order valence-corrected chi connectivity index (χ2v) is 5.36. The van der Waals surface area contributed by atoms with E-state index in [1.165, 1.54) is 7.11 Å². The summed E-state index contributed by atoms with van der Waals surface area (Å²) < 4.78 is 5.13. The molecule has 5 nitrogen and oxygen atoms in total. The van der Waals surface area contributed by atoms with Crippen LogP contribution in [0.15, 0.2) is 18.2 Å². The number of halogens is 1. The Hall–Kier alpha value is -1.75. The molecule has 0 fully saturated rings. The van der Waals surface area contributed by atoms with Crippen LogP contribution < -0.4 is 10.1 Å². The fourth-order valence-electron chi connectivity index (χ4n) is 1.90. The summed E-state index contributed by atoms with van der Waals surface area (Å²) in [5.41, 5.74) is 0.392. The Kier molecular flexibility index (Phi) is 7.02. The van der Waals surface area contributed by atoms with Gasteiger partial charge in [-0.05, 0) is 37.0 Å². The summed E-state index contributed by atoms with van der Waals surface area (Å²) in [5, 5.41) is 11.9. The number of carboxylic acid groups (broad SMARTS) is 1. The van der Waals surface area contributed by atoms with E-state index in [2.05, 4.69) is 5.32 Å². The summed E-state index contributed by atoms with van der Waals surface area (Å²) in [6, 6.07) is 4.86. The van der Waals surface area contributed by atoms with Crippen molar-refractivity contribution in [2.75, 3.05) is 13.7 Å². The van der Waals surface area contributed by atoms with Crippen molar-refractivity contribution < 1.29 is 19.4 Å². The highest BCUT2D eigenvalue weighted by molar-refractivity contribution is 6.31. The number of carboxylic acids is 1. The Morgan fingerprint density at radius 2 is 2.10 bits per heavy atom. The Morgan fingerprint density at radius 3 is 2.71 bits per heavy atom. The van der Waals surface area contributed by atoms with E-state index < -0.39 is 5.97 Å². The number of amides is 1. The molecule has 2 N–H and O–H groups in total. The van der Waals surface area contributed by atoms with Crippen LogP contribution in [-0.4, -0.2) is 30.6 Å². The van der Waals surface area contributed by atoms with E-state index in [4.69, 9.17) is 21.4 Å². The Labute approximate surface area is 129 Å². The Bertz CT molecular complexity index is 504. The lowest BCUT2D eigenvalue weighted by molar-refractivity contribution is -0.137. The zero-order valence-electron chi connectivity index (χ0n) is 12.2. The summed E-state index contributed by atoms with van der Waals surface area (Å²) in [6.07, 6.45) is 1.48. The molecule has 6 heteroatoms. The molecule has 0 radical (unpaired) electrons. The second kappa shape index (κ2) is 8.52. The molecule has 0 aliphatic carbocycles. The first-order valence-electron chi connectivity index (χ1n) is 6.77. The van der Waals surface area contributed by atoms with Gasteiger partial charge < -0.3 is 15.2 Å². The lowest BCUT2D eigenvalue weighted by atomic mass is 10.0. The lowest BCUT2D eigenvalue weighted by Crippen LogP contribution is -2.26. The highest BCUT2D eigenvalue weighted by Crippen LogP contribution is 2.22. The molecule has 0 aliphatic heterocycles. The molecule has 1 amide bonds. The van der Waals surface area contributed by atoms with Gasteiger partial charge in [-0.1, -0.05) is 18.5 Å². The van der Waals surface area contributed by atoms with Crippen LogP contribution in [0, 0.1) is 5.92 Å². The topological polar surface area (TPSA) is 75.6 Å². The van der Waals surface area contributed by atoms with Crippen molar-refractivity contribution in [2.45, 2.75) is 26.2 Å². The fourth-order valence-corrected chi connectivity index (χ4v) is 2.07. The van der Waals surface area contributed by atoms with Gasteiger partial charge in [0.15, 0.2) is 0 Å². The van der Waals surface area contributed by atoms with Gasteiger partial charge in [0, 0.05) is 18.0 Å². The SMILES string of the molecule is COc1ccc(Cl)cc1C(=O)NCCC(C)CCC(=O)O. The number of ether oxygens (including phenoxy) is 1. The standard InChI is InChI=1S/C15H20ClNO4/c1-10(3-6-14(18)19)7-8-17-15(20)12-9-11(16)4-5-13(12)21-2/h4-5,9-10H,3,6-8H2,1-2H3,(H,17,20)(H,18,19). The predicted octanol–water partition coefficient (Wildman–Crippen LogP) is 2.97. The molecule has 0 saturated carbocycles. The van der Waals surface area contributed by atoms with Gasteiger partial charge in [-0.25, -0.2) is 0 Å². The number of aliphatic carboxylic acids is 1. The number of rotatable bonds is 8. The summed E-state index contributed by atoms with van der Waals surface area (Å²) in [6.45, 7) is 2.45. The van der Waals surface area contributed by atoms with Gasteiger partial charge in [-0.15, -0.1) is 0 Å². The number of benzene rings is 1. The van der Waals surface area contributed by atoms with Crippen molar-refractivity contribution in [1.82, 2.24) is 5.32 Å². The summed E-state index contributed by atoms with van der Waals surface area (Å²) in [7, 11) is 1.49. The number of nitrogens with one attached hydrogen (secondary N) is 1. The van der Waals surface area contributed by atoms with Crippen molar-refractivity contribution in [2.24, 2.45) is 5.92 Å². The van der Waals surface area contributed by atoms with E-state index in [1.54, 1.807) is 18.2 Å². The van der Waals surface area contributed by atoms with E-state index >= 15 is 0 Å². The van der Waals surface area contributed by atoms with Crippen LogP contribution in [0.3, 0.4) is 0 Å². The minimum absolute atomic E-state index is 0.150. The molecule has 1 aromatic rings. The normalized spacial score (nSPS) is 11.8. The molecule has 0 spiro atoms. The summed E-state index contributed by atoms with van der Waals surface area (Å²) in [5.74, 6) is -0.340. The maximum absolute atomic E-state index is 12.1. The third-order valence-corrected chi connectivity index (χ3v) is 3.41. The number of carbonyl (C=O) groups excluding carboxylic acids is 1. The number of carbonyl (C=O) groups is 2. The highest BCUT2D eigenvalue weighted by atomic mass is 35.5. The van der Waals surface area contributed by atoms with Crippen LogP contribution in [0.5, 0.6) is 5.75 Å². The largest absolute Gasteiger partial charge is 0.496 e. The minimum atomic E-state index is -0.797. The molecule has 1 aromatic carbocycles. The lowest BCUT2D eigenvalue weighted by Gasteiger charge is -2.12. The van der Waals surface area contributed by atoms with Gasteiger partial charge in [0.25, 0.3) is 5.91 Å². The predicted molar refractivity (Wildman–Crippen MR) is 81.0 cm³/mol. The number of methoxy groups -OCH3 is 1. The van der Waals surface area contributed by atoms with Gasteiger partial charge >= 0.3 is 5.97 Å². The average Bonchev–Trinajstić information content (AvgIpc) is 2.44.